The van der Waals surface area contributed by atoms with Gasteiger partial charge in [-0.3, -0.25) is 19.0 Å². The van der Waals surface area contributed by atoms with Gasteiger partial charge in [-0.15, -0.1) is 11.3 Å². The third-order valence-electron chi connectivity index (χ3n) is 4.01. The summed E-state index contributed by atoms with van der Waals surface area (Å²) in [4.78, 5) is 40.9. The van der Waals surface area contributed by atoms with E-state index in [2.05, 4.69) is 10.3 Å². The molecule has 3 heterocycles. The van der Waals surface area contributed by atoms with Gasteiger partial charge in [0.25, 0.3) is 11.5 Å². The Morgan fingerprint density at radius 2 is 2.33 bits per heavy atom. The van der Waals surface area contributed by atoms with Gasteiger partial charge in [0.1, 0.15) is 11.4 Å². The fraction of sp³-hybridized carbons (Fsp3) is 0.467. The molecule has 0 aliphatic carbocycles. The molecule has 1 aliphatic heterocycles. The van der Waals surface area contributed by atoms with E-state index < -0.39 is 5.91 Å². The maximum atomic E-state index is 12.6. The third kappa shape index (κ3) is 3.17. The number of carbonyl (C=O) groups is 2. The van der Waals surface area contributed by atoms with Gasteiger partial charge < -0.3 is 15.8 Å². The zero-order valence-corrected chi connectivity index (χ0v) is 14.0. The van der Waals surface area contributed by atoms with Crippen LogP contribution in [-0.4, -0.2) is 40.6 Å². The van der Waals surface area contributed by atoms with Gasteiger partial charge in [-0.25, -0.2) is 4.98 Å². The van der Waals surface area contributed by atoms with Crippen molar-refractivity contribution in [1.29, 1.82) is 0 Å². The molecule has 0 aromatic carbocycles. The first-order valence-electron chi connectivity index (χ1n) is 7.64. The monoisotopic (exact) mass is 350 g/mol. The van der Waals surface area contributed by atoms with Crippen LogP contribution in [0, 0.1) is 6.92 Å². The second kappa shape index (κ2) is 6.70. The topological polar surface area (TPSA) is 116 Å². The van der Waals surface area contributed by atoms with E-state index in [0.717, 1.165) is 30.8 Å². The number of amides is 2. The minimum absolute atomic E-state index is 0.0449. The molecule has 8 nitrogen and oxygen atoms in total. The zero-order chi connectivity index (χ0) is 17.3. The summed E-state index contributed by atoms with van der Waals surface area (Å²) in [6, 6.07) is 0. The maximum absolute atomic E-state index is 12.6. The largest absolute Gasteiger partial charge is 0.376 e. The van der Waals surface area contributed by atoms with Crippen LogP contribution in [0.2, 0.25) is 0 Å². The van der Waals surface area contributed by atoms with Crippen LogP contribution in [0.4, 0.5) is 0 Å². The molecule has 0 radical (unpaired) electrons. The Bertz CT molecular complexity index is 851. The lowest BCUT2D eigenvalue weighted by molar-refractivity contribution is -0.122. The third-order valence-corrected chi connectivity index (χ3v) is 5.22. The van der Waals surface area contributed by atoms with Crippen LogP contribution in [0.25, 0.3) is 10.2 Å². The molecule has 0 bridgehead atoms. The molecule has 9 heteroatoms. The summed E-state index contributed by atoms with van der Waals surface area (Å²) in [5, 5.41) is 3.10. The fourth-order valence-corrected chi connectivity index (χ4v) is 3.74. The summed E-state index contributed by atoms with van der Waals surface area (Å²) in [5.41, 5.74) is 5.46. The Morgan fingerprint density at radius 3 is 3.00 bits per heavy atom. The summed E-state index contributed by atoms with van der Waals surface area (Å²) in [6.45, 7) is 2.69. The summed E-state index contributed by atoms with van der Waals surface area (Å²) in [6.07, 6.45) is 3.29. The van der Waals surface area contributed by atoms with Crippen LogP contribution in [0.3, 0.4) is 0 Å². The van der Waals surface area contributed by atoms with Crippen LogP contribution in [0.5, 0.6) is 0 Å². The number of nitrogens with zero attached hydrogens (tertiary/aromatic N) is 2. The normalized spacial score (nSPS) is 17.3. The van der Waals surface area contributed by atoms with Gasteiger partial charge in [0, 0.05) is 13.2 Å². The molecule has 24 heavy (non-hydrogen) atoms. The first-order valence-corrected chi connectivity index (χ1v) is 8.45. The van der Waals surface area contributed by atoms with Gasteiger partial charge in [0.15, 0.2) is 0 Å². The number of thiophene rings is 1. The maximum Gasteiger partial charge on any atom is 0.262 e. The molecule has 2 aromatic rings. The van der Waals surface area contributed by atoms with Gasteiger partial charge in [-0.2, -0.15) is 0 Å². The standard InChI is InChI=1S/C15H18N4O4S/c1-8-11-14(24-12(8)13(16)21)18-7-19(15(11)22)6-10(20)17-5-9-3-2-4-23-9/h7,9H,2-6H2,1H3,(H2,16,21)(H,17,20)/t9-/m1/s1. The fourth-order valence-electron chi connectivity index (χ4n) is 2.75. The number of hydrogen-bond donors (Lipinski definition) is 2. The van der Waals surface area contributed by atoms with Crippen LogP contribution in [-0.2, 0) is 16.1 Å². The number of ether oxygens (including phenoxy) is 1. The van der Waals surface area contributed by atoms with E-state index in [1.165, 1.54) is 10.9 Å². The highest BCUT2D eigenvalue weighted by molar-refractivity contribution is 7.20. The molecular formula is C15H18N4O4S. The van der Waals surface area contributed by atoms with Crippen molar-refractivity contribution in [3.05, 3.63) is 27.1 Å². The molecule has 0 saturated carbocycles. The Kier molecular flexibility index (Phi) is 4.63. The minimum atomic E-state index is -0.587. The molecule has 3 rings (SSSR count). The van der Waals surface area contributed by atoms with Crippen molar-refractivity contribution >= 4 is 33.4 Å². The number of nitrogens with two attached hydrogens (primary N) is 1. The lowest BCUT2D eigenvalue weighted by atomic mass is 10.2. The smallest absolute Gasteiger partial charge is 0.262 e. The van der Waals surface area contributed by atoms with Crippen molar-refractivity contribution in [2.75, 3.05) is 13.2 Å². The Labute approximate surface area is 141 Å². The molecule has 0 unspecified atom stereocenters. The second-order valence-corrected chi connectivity index (χ2v) is 6.72. The molecule has 1 atom stereocenters. The van der Waals surface area contributed by atoms with Gasteiger partial charge >= 0.3 is 0 Å². The molecule has 1 fully saturated rings. The van der Waals surface area contributed by atoms with Crippen LogP contribution in [0.1, 0.15) is 28.1 Å². The number of carbonyl (C=O) groups excluding carboxylic acids is 2. The molecule has 3 N–H and O–H groups in total. The van der Waals surface area contributed by atoms with E-state index in [-0.39, 0.29) is 24.1 Å². The molecule has 128 valence electrons. The SMILES string of the molecule is Cc1c(C(N)=O)sc2ncn(CC(=O)NC[C@H]3CCCO3)c(=O)c12. The van der Waals surface area contributed by atoms with Crippen LogP contribution < -0.4 is 16.6 Å². The first-order chi connectivity index (χ1) is 11.5. The number of hydrogen-bond acceptors (Lipinski definition) is 6. The van der Waals surface area contributed by atoms with E-state index in [1.54, 1.807) is 6.92 Å². The number of rotatable bonds is 5. The highest BCUT2D eigenvalue weighted by Gasteiger charge is 2.19. The molecule has 2 aromatic heterocycles. The van der Waals surface area contributed by atoms with Gasteiger partial charge in [-0.1, -0.05) is 0 Å². The predicted octanol–water partition coefficient (Wildman–Crippen LogP) is 0.161. The van der Waals surface area contributed by atoms with Crippen molar-refractivity contribution in [2.24, 2.45) is 5.73 Å². The minimum Gasteiger partial charge on any atom is -0.376 e. The molecular weight excluding hydrogens is 332 g/mol. The Hall–Kier alpha value is -2.26. The van der Waals surface area contributed by atoms with Gasteiger partial charge in [0.2, 0.25) is 5.91 Å². The van der Waals surface area contributed by atoms with Gasteiger partial charge in [-0.05, 0) is 25.3 Å². The van der Waals surface area contributed by atoms with E-state index in [9.17, 15) is 14.4 Å². The van der Waals surface area contributed by atoms with E-state index >= 15 is 0 Å². The lowest BCUT2D eigenvalue weighted by Crippen LogP contribution is -2.36. The van der Waals surface area contributed by atoms with E-state index in [4.69, 9.17) is 10.5 Å². The number of primary amides is 1. The Balaban J connectivity index is 1.78. The molecule has 1 saturated heterocycles. The molecule has 0 spiro atoms. The summed E-state index contributed by atoms with van der Waals surface area (Å²) >= 11 is 1.08. The van der Waals surface area contributed by atoms with Crippen molar-refractivity contribution in [3.63, 3.8) is 0 Å². The molecule has 1 aliphatic rings. The predicted molar refractivity (Wildman–Crippen MR) is 89.1 cm³/mol. The highest BCUT2D eigenvalue weighted by Crippen LogP contribution is 2.26. The number of aromatic nitrogens is 2. The van der Waals surface area contributed by atoms with Crippen molar-refractivity contribution in [2.45, 2.75) is 32.4 Å². The highest BCUT2D eigenvalue weighted by atomic mass is 32.1. The number of nitrogens with one attached hydrogen (secondary N) is 1. The van der Waals surface area contributed by atoms with Crippen LogP contribution in [0.15, 0.2) is 11.1 Å². The lowest BCUT2D eigenvalue weighted by Gasteiger charge is -2.11. The molecule has 2 amide bonds. The quantitative estimate of drug-likeness (QED) is 0.797. The Morgan fingerprint density at radius 1 is 1.54 bits per heavy atom. The average molecular weight is 350 g/mol. The van der Waals surface area contributed by atoms with Crippen molar-refractivity contribution < 1.29 is 14.3 Å². The summed E-state index contributed by atoms with van der Waals surface area (Å²) < 4.78 is 6.67. The van der Waals surface area contributed by atoms with Crippen molar-refractivity contribution in [1.82, 2.24) is 14.9 Å². The van der Waals surface area contributed by atoms with Crippen LogP contribution >= 0.6 is 11.3 Å². The van der Waals surface area contributed by atoms with E-state index in [1.807, 2.05) is 0 Å². The average Bonchev–Trinajstić information content (AvgIpc) is 3.16. The second-order valence-electron chi connectivity index (χ2n) is 5.72. The van der Waals surface area contributed by atoms with Crippen molar-refractivity contribution in [3.8, 4) is 0 Å². The number of aryl methyl sites for hydroxylation is 1. The van der Waals surface area contributed by atoms with E-state index in [0.29, 0.717) is 27.2 Å². The summed E-state index contributed by atoms with van der Waals surface area (Å²) in [5.74, 6) is -0.868. The summed E-state index contributed by atoms with van der Waals surface area (Å²) in [7, 11) is 0. The van der Waals surface area contributed by atoms with Gasteiger partial charge in [0.05, 0.1) is 22.7 Å². The number of fused-ring (bicyclic) bond motifs is 1. The first kappa shape index (κ1) is 16.6. The zero-order valence-electron chi connectivity index (χ0n) is 13.2.